The van der Waals surface area contributed by atoms with E-state index in [9.17, 15) is 19.8 Å². The Kier molecular flexibility index (Phi) is 10.6. The number of carbonyl (C=O) groups excluding carboxylic acids is 2. The predicted molar refractivity (Wildman–Crippen MR) is 222 cm³/mol. The summed E-state index contributed by atoms with van der Waals surface area (Å²) in [5.41, 5.74) is 4.65. The molecule has 2 heterocycles. The average Bonchev–Trinajstić information content (AvgIpc) is 3.74. The quantitative estimate of drug-likeness (QED) is 0.0685. The van der Waals surface area contributed by atoms with Gasteiger partial charge in [-0.1, -0.05) is 55.5 Å². The summed E-state index contributed by atoms with van der Waals surface area (Å²) in [6.45, 7) is 4.19. The number of phenolic OH excluding ortho intramolecular Hbond substituents is 2. The van der Waals surface area contributed by atoms with Gasteiger partial charge >= 0.3 is 5.89 Å². The number of oxazole rings is 1. The van der Waals surface area contributed by atoms with Gasteiger partial charge in [0.15, 0.2) is 12.3 Å². The number of carbonyl (C=O) groups is 2. The molecule has 6 aromatic carbocycles. The van der Waals surface area contributed by atoms with E-state index >= 15 is 0 Å². The number of nitrogens with one attached hydrogen (secondary N) is 2. The maximum atomic E-state index is 12.8. The Labute approximate surface area is 329 Å². The minimum absolute atomic E-state index is 0.114. The Bertz CT molecular complexity index is 2660. The molecule has 0 saturated heterocycles. The first-order chi connectivity index (χ1) is 27.8. The van der Waals surface area contributed by atoms with Crippen molar-refractivity contribution in [1.29, 1.82) is 0 Å². The molecule has 0 fully saturated rings. The van der Waals surface area contributed by atoms with E-state index in [1.54, 1.807) is 24.3 Å². The monoisotopic (exact) mass is 759 g/mol. The summed E-state index contributed by atoms with van der Waals surface area (Å²) in [6, 6.07) is 37.3. The topological polar surface area (TPSA) is 128 Å². The highest BCUT2D eigenvalue weighted by molar-refractivity contribution is 5.95. The zero-order valence-corrected chi connectivity index (χ0v) is 31.6. The maximum Gasteiger partial charge on any atom is 0.374 e. The van der Waals surface area contributed by atoms with E-state index in [-0.39, 0.29) is 23.3 Å². The van der Waals surface area contributed by atoms with Gasteiger partial charge in [0.1, 0.15) is 11.5 Å². The number of phenols is 2. The number of amides is 2. The first-order valence-corrected chi connectivity index (χ1v) is 19.2. The van der Waals surface area contributed by atoms with Gasteiger partial charge in [0.05, 0.1) is 11.8 Å². The Balaban J connectivity index is 1.07. The molecule has 0 radical (unpaired) electrons. The Morgan fingerprint density at radius 3 is 1.89 bits per heavy atom. The number of aromatic nitrogens is 1. The maximum absolute atomic E-state index is 12.8. The van der Waals surface area contributed by atoms with Gasteiger partial charge in [-0.3, -0.25) is 9.59 Å². The average molecular weight is 760 g/mol. The van der Waals surface area contributed by atoms with Crippen LogP contribution >= 0.6 is 0 Å². The van der Waals surface area contributed by atoms with Crippen LogP contribution in [0.2, 0.25) is 0 Å². The molecule has 0 spiro atoms. The number of ether oxygens (including phenoxy) is 1. The number of rotatable bonds is 13. The number of hydrogen-bond donors (Lipinski definition) is 4. The molecule has 0 aliphatic carbocycles. The minimum Gasteiger partial charge on any atom is -0.508 e. The van der Waals surface area contributed by atoms with Crippen molar-refractivity contribution in [2.75, 3.05) is 24.5 Å². The normalized spacial score (nSPS) is 13.3. The fraction of sp³-hybridized carbons (Fsp3) is 0.170. The fourth-order valence-electron chi connectivity index (χ4n) is 7.12. The molecule has 10 heteroatoms. The third kappa shape index (κ3) is 8.16. The van der Waals surface area contributed by atoms with Crippen LogP contribution in [0.3, 0.4) is 0 Å². The third-order valence-corrected chi connectivity index (χ3v) is 10.2. The third-order valence-electron chi connectivity index (χ3n) is 10.2. The molecule has 1 aliphatic heterocycles. The molecule has 10 nitrogen and oxygen atoms in total. The van der Waals surface area contributed by atoms with Gasteiger partial charge < -0.3 is 34.9 Å². The molecule has 8 rings (SSSR count). The Morgan fingerprint density at radius 1 is 0.719 bits per heavy atom. The predicted octanol–water partition coefficient (Wildman–Crippen LogP) is 8.61. The van der Waals surface area contributed by atoms with Crippen molar-refractivity contribution in [2.45, 2.75) is 32.7 Å². The van der Waals surface area contributed by atoms with E-state index in [0.717, 1.165) is 49.7 Å². The van der Waals surface area contributed by atoms with Crippen molar-refractivity contribution >= 4 is 56.2 Å². The molecule has 57 heavy (non-hydrogen) atoms. The lowest BCUT2D eigenvalue weighted by atomic mass is 10.1. The SMILES string of the molecule is CCC(/C=C1\Oc2cc3ccccc3cc2N1CCCNC(=O)c1ccc(O)cc1)=C\c1oc2cc3ccccc3cc2[n+]1CCCNC(=O)c1ccc(O)cc1. The van der Waals surface area contributed by atoms with E-state index < -0.39 is 0 Å². The summed E-state index contributed by atoms with van der Waals surface area (Å²) in [5, 5.41) is 29.6. The molecule has 0 unspecified atom stereocenters. The zero-order chi connectivity index (χ0) is 39.3. The summed E-state index contributed by atoms with van der Waals surface area (Å²) < 4.78 is 15.3. The number of fused-ring (bicyclic) bond motifs is 4. The van der Waals surface area contributed by atoms with Crippen LogP contribution in [0.5, 0.6) is 17.2 Å². The van der Waals surface area contributed by atoms with Crippen molar-refractivity contribution in [3.63, 3.8) is 0 Å². The Morgan fingerprint density at radius 2 is 1.28 bits per heavy atom. The van der Waals surface area contributed by atoms with E-state index in [1.807, 2.05) is 24.3 Å². The second-order valence-electron chi connectivity index (χ2n) is 14.0. The van der Waals surface area contributed by atoms with Crippen LogP contribution < -0.4 is 24.8 Å². The number of hydrogen-bond acceptors (Lipinski definition) is 7. The number of allylic oxidation sites excluding steroid dienone is 2. The minimum atomic E-state index is -0.196. The fourth-order valence-corrected chi connectivity index (χ4v) is 7.12. The molecule has 7 aromatic rings. The molecule has 0 bridgehead atoms. The van der Waals surface area contributed by atoms with Crippen molar-refractivity contribution in [3.8, 4) is 17.2 Å². The number of benzene rings is 6. The van der Waals surface area contributed by atoms with Crippen molar-refractivity contribution in [3.05, 3.63) is 156 Å². The lowest BCUT2D eigenvalue weighted by Crippen LogP contribution is -2.37. The molecule has 0 atom stereocenters. The largest absolute Gasteiger partial charge is 0.508 e. The Hall–Kier alpha value is -7.07. The van der Waals surface area contributed by atoms with Crippen LogP contribution in [0, 0.1) is 0 Å². The highest BCUT2D eigenvalue weighted by Crippen LogP contribution is 2.42. The van der Waals surface area contributed by atoms with Gasteiger partial charge in [0, 0.05) is 49.3 Å². The highest BCUT2D eigenvalue weighted by Gasteiger charge is 2.28. The number of anilines is 1. The van der Waals surface area contributed by atoms with Crippen LogP contribution in [0.25, 0.3) is 38.7 Å². The molecular formula is C47H43N4O6+. The van der Waals surface area contributed by atoms with Gasteiger partial charge in [-0.05, 0) is 107 Å². The summed E-state index contributed by atoms with van der Waals surface area (Å²) in [4.78, 5) is 27.7. The van der Waals surface area contributed by atoms with Crippen LogP contribution in [-0.4, -0.2) is 41.7 Å². The number of aromatic hydroxyl groups is 2. The number of aryl methyl sites for hydroxylation is 1. The first kappa shape index (κ1) is 36.9. The summed E-state index contributed by atoms with van der Waals surface area (Å²) in [6.07, 6.45) is 6.13. The molecule has 1 aliphatic rings. The molecular weight excluding hydrogens is 717 g/mol. The van der Waals surface area contributed by atoms with Crippen molar-refractivity contribution in [1.82, 2.24) is 10.6 Å². The van der Waals surface area contributed by atoms with E-state index in [0.29, 0.717) is 68.3 Å². The zero-order valence-electron chi connectivity index (χ0n) is 31.6. The standard InChI is InChI=1S/C47H42N4O6/c1-2-31(25-44-50(23-7-21-48-46(54)32-13-17-38(52)18-14-32)40-27-34-9-3-5-11-36(34)29-42(40)56-44)26-45-51(24-8-22-49-47(55)33-15-19-39(53)20-16-33)41-28-35-10-4-6-12-37(35)30-43(41)57-45/h3-6,9-20,25-30H,2,7-8,21-24H2,1H3,(H3-,48,49,52,53,54,55)/p+1. The number of nitrogens with zero attached hydrogens (tertiary/aromatic N) is 2. The molecule has 1 aromatic heterocycles. The second-order valence-corrected chi connectivity index (χ2v) is 14.0. The first-order valence-electron chi connectivity index (χ1n) is 19.2. The smallest absolute Gasteiger partial charge is 0.374 e. The van der Waals surface area contributed by atoms with E-state index in [4.69, 9.17) is 9.15 Å². The van der Waals surface area contributed by atoms with Gasteiger partial charge in [0.25, 0.3) is 17.3 Å². The highest BCUT2D eigenvalue weighted by atomic mass is 16.5. The van der Waals surface area contributed by atoms with Gasteiger partial charge in [-0.2, -0.15) is 4.57 Å². The lowest BCUT2D eigenvalue weighted by molar-refractivity contribution is -0.678. The molecule has 286 valence electrons. The molecule has 4 N–H and O–H groups in total. The summed E-state index contributed by atoms with van der Waals surface area (Å²) in [7, 11) is 0. The molecule has 2 amide bonds. The van der Waals surface area contributed by atoms with Crippen molar-refractivity contribution < 1.29 is 33.5 Å². The van der Waals surface area contributed by atoms with Gasteiger partial charge in [-0.25, -0.2) is 0 Å². The molecule has 0 saturated carbocycles. The summed E-state index contributed by atoms with van der Waals surface area (Å²) in [5.74, 6) is 1.97. The van der Waals surface area contributed by atoms with Crippen molar-refractivity contribution in [2.24, 2.45) is 0 Å². The van der Waals surface area contributed by atoms with E-state index in [2.05, 4.69) is 87.7 Å². The second kappa shape index (κ2) is 16.3. The van der Waals surface area contributed by atoms with Gasteiger partial charge in [-0.15, -0.1) is 0 Å². The van der Waals surface area contributed by atoms with Crippen LogP contribution in [0.1, 0.15) is 52.8 Å². The lowest BCUT2D eigenvalue weighted by Gasteiger charge is -2.19. The van der Waals surface area contributed by atoms with Gasteiger partial charge in [0.2, 0.25) is 11.5 Å². The van der Waals surface area contributed by atoms with E-state index in [1.165, 1.54) is 24.3 Å². The van der Waals surface area contributed by atoms with Crippen LogP contribution in [0.15, 0.2) is 143 Å². The van der Waals surface area contributed by atoms with Crippen LogP contribution in [-0.2, 0) is 6.54 Å². The summed E-state index contributed by atoms with van der Waals surface area (Å²) >= 11 is 0. The van der Waals surface area contributed by atoms with Crippen LogP contribution in [0.4, 0.5) is 5.69 Å².